The molecule has 0 aliphatic heterocycles. The molecule has 0 amide bonds. The summed E-state index contributed by atoms with van der Waals surface area (Å²) >= 11 is 0. The molecule has 0 saturated heterocycles. The molecule has 5 heteroatoms. The summed E-state index contributed by atoms with van der Waals surface area (Å²) in [7, 11) is 0. The van der Waals surface area contributed by atoms with E-state index in [-0.39, 0.29) is 5.56 Å². The number of aromatic carboxylic acids is 1. The summed E-state index contributed by atoms with van der Waals surface area (Å²) in [6, 6.07) is 3.42. The number of furan rings is 1. The second-order valence-corrected chi connectivity index (χ2v) is 3.62. The minimum absolute atomic E-state index is 0.208. The number of nitrogens with zero attached hydrogens (tertiary/aromatic N) is 2. The summed E-state index contributed by atoms with van der Waals surface area (Å²) in [6.07, 6.45) is 1.70. The number of aryl methyl sites for hydroxylation is 2. The lowest BCUT2D eigenvalue weighted by Crippen LogP contribution is -2.02. The highest BCUT2D eigenvalue weighted by Gasteiger charge is 2.14. The van der Waals surface area contributed by atoms with Crippen molar-refractivity contribution in [3.8, 4) is 0 Å². The Kier molecular flexibility index (Phi) is 2.52. The van der Waals surface area contributed by atoms with Crippen LogP contribution in [-0.2, 0) is 6.54 Å². The predicted molar refractivity (Wildman–Crippen MR) is 56.5 cm³/mol. The Balaban J connectivity index is 2.26. The molecule has 2 rings (SSSR count). The Labute approximate surface area is 92.3 Å². The van der Waals surface area contributed by atoms with Gasteiger partial charge in [-0.1, -0.05) is 0 Å². The lowest BCUT2D eigenvalue weighted by Gasteiger charge is -2.00. The van der Waals surface area contributed by atoms with E-state index in [1.807, 2.05) is 13.0 Å². The van der Waals surface area contributed by atoms with Crippen molar-refractivity contribution in [2.75, 3.05) is 0 Å². The highest BCUT2D eigenvalue weighted by atomic mass is 16.4. The van der Waals surface area contributed by atoms with Crippen LogP contribution in [-0.4, -0.2) is 20.9 Å². The molecule has 2 heterocycles. The molecule has 84 valence electrons. The summed E-state index contributed by atoms with van der Waals surface area (Å²) in [5.74, 6) is 0.0543. The van der Waals surface area contributed by atoms with Crippen molar-refractivity contribution in [1.29, 1.82) is 0 Å². The fourth-order valence-electron chi connectivity index (χ4n) is 1.55. The van der Waals surface area contributed by atoms with E-state index >= 15 is 0 Å². The van der Waals surface area contributed by atoms with E-state index in [4.69, 9.17) is 9.52 Å². The summed E-state index contributed by atoms with van der Waals surface area (Å²) < 4.78 is 7.12. The Morgan fingerprint density at radius 1 is 1.56 bits per heavy atom. The van der Waals surface area contributed by atoms with Crippen LogP contribution < -0.4 is 0 Å². The number of carbonyl (C=O) groups is 1. The fourth-order valence-corrected chi connectivity index (χ4v) is 1.55. The quantitative estimate of drug-likeness (QED) is 0.856. The number of rotatable bonds is 3. The van der Waals surface area contributed by atoms with Gasteiger partial charge in [0.25, 0.3) is 0 Å². The van der Waals surface area contributed by atoms with Crippen LogP contribution in [0.25, 0.3) is 0 Å². The molecule has 0 unspecified atom stereocenters. The van der Waals surface area contributed by atoms with Crippen LogP contribution in [0.2, 0.25) is 0 Å². The number of carboxylic acid groups (broad SMARTS) is 1. The first-order valence-electron chi connectivity index (χ1n) is 4.89. The molecule has 2 aromatic heterocycles. The van der Waals surface area contributed by atoms with Gasteiger partial charge in [-0.05, 0) is 26.0 Å². The Morgan fingerprint density at radius 3 is 2.81 bits per heavy atom. The molecule has 16 heavy (non-hydrogen) atoms. The van der Waals surface area contributed by atoms with Crippen LogP contribution in [0.5, 0.6) is 0 Å². The van der Waals surface area contributed by atoms with Gasteiger partial charge < -0.3 is 9.52 Å². The number of aromatic nitrogens is 2. The van der Waals surface area contributed by atoms with Gasteiger partial charge in [0.2, 0.25) is 0 Å². The third-order valence-corrected chi connectivity index (χ3v) is 2.43. The summed E-state index contributed by atoms with van der Waals surface area (Å²) in [6.45, 7) is 4.02. The van der Waals surface area contributed by atoms with Crippen LogP contribution in [0.1, 0.15) is 27.6 Å². The smallest absolute Gasteiger partial charge is 0.339 e. The van der Waals surface area contributed by atoms with Crippen molar-refractivity contribution in [3.05, 3.63) is 41.1 Å². The molecule has 0 atom stereocenters. The fraction of sp³-hybridized carbons (Fsp3) is 0.273. The van der Waals surface area contributed by atoms with Gasteiger partial charge in [0.05, 0.1) is 6.54 Å². The third-order valence-electron chi connectivity index (χ3n) is 2.43. The zero-order valence-corrected chi connectivity index (χ0v) is 9.10. The van der Waals surface area contributed by atoms with Crippen LogP contribution in [0.3, 0.4) is 0 Å². The molecular formula is C11H12N2O3. The molecule has 0 spiro atoms. The minimum Gasteiger partial charge on any atom is -0.478 e. The van der Waals surface area contributed by atoms with Crippen molar-refractivity contribution in [2.45, 2.75) is 20.4 Å². The van der Waals surface area contributed by atoms with Crippen molar-refractivity contribution in [1.82, 2.24) is 9.78 Å². The molecule has 2 aromatic rings. The first kappa shape index (κ1) is 10.5. The van der Waals surface area contributed by atoms with Crippen LogP contribution >= 0.6 is 0 Å². The zero-order valence-electron chi connectivity index (χ0n) is 9.10. The van der Waals surface area contributed by atoms with Crippen LogP contribution in [0.15, 0.2) is 22.7 Å². The van der Waals surface area contributed by atoms with Crippen molar-refractivity contribution < 1.29 is 14.3 Å². The lowest BCUT2D eigenvalue weighted by atomic mass is 10.2. The highest BCUT2D eigenvalue weighted by Crippen LogP contribution is 2.15. The average Bonchev–Trinajstić information content (AvgIpc) is 2.75. The van der Waals surface area contributed by atoms with Gasteiger partial charge in [-0.3, -0.25) is 4.68 Å². The van der Waals surface area contributed by atoms with E-state index in [9.17, 15) is 4.79 Å². The molecule has 0 aliphatic rings. The molecule has 5 nitrogen and oxygen atoms in total. The first-order chi connectivity index (χ1) is 7.58. The van der Waals surface area contributed by atoms with Gasteiger partial charge in [-0.15, -0.1) is 0 Å². The summed E-state index contributed by atoms with van der Waals surface area (Å²) in [5.41, 5.74) is 1.21. The topological polar surface area (TPSA) is 68.3 Å². The Morgan fingerprint density at radius 2 is 2.31 bits per heavy atom. The molecule has 0 saturated carbocycles. The van der Waals surface area contributed by atoms with E-state index in [1.165, 1.54) is 0 Å². The largest absolute Gasteiger partial charge is 0.478 e. The maximum Gasteiger partial charge on any atom is 0.339 e. The number of carboxylic acids is 1. The Bertz CT molecular complexity index is 525. The summed E-state index contributed by atoms with van der Waals surface area (Å²) in [5, 5.41) is 13.0. The molecule has 0 radical (unpaired) electrons. The number of hydrogen-bond donors (Lipinski definition) is 1. The van der Waals surface area contributed by atoms with Crippen LogP contribution in [0, 0.1) is 13.8 Å². The Hall–Kier alpha value is -2.04. The van der Waals surface area contributed by atoms with Crippen molar-refractivity contribution in [2.24, 2.45) is 0 Å². The molecule has 1 N–H and O–H groups in total. The summed E-state index contributed by atoms with van der Waals surface area (Å²) in [4.78, 5) is 10.8. The van der Waals surface area contributed by atoms with E-state index in [1.54, 1.807) is 23.9 Å². The van der Waals surface area contributed by atoms with E-state index in [0.717, 1.165) is 5.69 Å². The average molecular weight is 220 g/mol. The first-order valence-corrected chi connectivity index (χ1v) is 4.89. The minimum atomic E-state index is -0.968. The molecule has 0 aliphatic carbocycles. The SMILES string of the molecule is Cc1oc(Cn2nccc2C)cc1C(=O)O. The van der Waals surface area contributed by atoms with Gasteiger partial charge in [0.15, 0.2) is 0 Å². The maximum absolute atomic E-state index is 10.8. The van der Waals surface area contributed by atoms with E-state index in [0.29, 0.717) is 18.1 Å². The third kappa shape index (κ3) is 1.84. The van der Waals surface area contributed by atoms with Gasteiger partial charge in [-0.2, -0.15) is 5.10 Å². The molecular weight excluding hydrogens is 208 g/mol. The highest BCUT2D eigenvalue weighted by molar-refractivity contribution is 5.88. The molecule has 0 fully saturated rings. The van der Waals surface area contributed by atoms with E-state index in [2.05, 4.69) is 5.10 Å². The van der Waals surface area contributed by atoms with Gasteiger partial charge in [-0.25, -0.2) is 4.79 Å². The predicted octanol–water partition coefficient (Wildman–Crippen LogP) is 1.84. The van der Waals surface area contributed by atoms with Gasteiger partial charge >= 0.3 is 5.97 Å². The second kappa shape index (κ2) is 3.84. The monoisotopic (exact) mass is 220 g/mol. The lowest BCUT2D eigenvalue weighted by molar-refractivity contribution is 0.0695. The number of hydrogen-bond acceptors (Lipinski definition) is 3. The molecule has 0 aromatic carbocycles. The van der Waals surface area contributed by atoms with E-state index < -0.39 is 5.97 Å². The standard InChI is InChI=1S/C11H12N2O3/c1-7-3-4-12-13(7)6-9-5-10(11(14)15)8(2)16-9/h3-5H,6H2,1-2H3,(H,14,15). The van der Waals surface area contributed by atoms with Gasteiger partial charge in [0, 0.05) is 11.9 Å². The van der Waals surface area contributed by atoms with Crippen molar-refractivity contribution >= 4 is 5.97 Å². The molecule has 0 bridgehead atoms. The normalized spacial score (nSPS) is 10.6. The van der Waals surface area contributed by atoms with Gasteiger partial charge in [0.1, 0.15) is 17.1 Å². The zero-order chi connectivity index (χ0) is 11.7. The van der Waals surface area contributed by atoms with Crippen LogP contribution in [0.4, 0.5) is 0 Å². The van der Waals surface area contributed by atoms with Crippen molar-refractivity contribution in [3.63, 3.8) is 0 Å². The maximum atomic E-state index is 10.8. The second-order valence-electron chi connectivity index (χ2n) is 3.62.